The van der Waals surface area contributed by atoms with Gasteiger partial charge in [0, 0.05) is 38.9 Å². The molecule has 1 aliphatic heterocycles. The van der Waals surface area contributed by atoms with Crippen LogP contribution in [0.3, 0.4) is 0 Å². The summed E-state index contributed by atoms with van der Waals surface area (Å²) >= 11 is 0. The minimum absolute atomic E-state index is 0.264. The van der Waals surface area contributed by atoms with Crippen molar-refractivity contribution in [1.29, 1.82) is 0 Å². The fourth-order valence-corrected chi connectivity index (χ4v) is 4.40. The van der Waals surface area contributed by atoms with Gasteiger partial charge < -0.3 is 10.6 Å². The number of guanidine groups is 1. The summed E-state index contributed by atoms with van der Waals surface area (Å²) in [6, 6.07) is 9.19. The number of piperidine rings is 1. The number of aromatic nitrogens is 2. The Labute approximate surface area is 188 Å². The van der Waals surface area contributed by atoms with E-state index in [1.807, 2.05) is 18.8 Å². The number of hydrogen-bond donors (Lipinski definition) is 2. The van der Waals surface area contributed by atoms with Gasteiger partial charge in [-0.3, -0.25) is 14.6 Å². The molecule has 3 rings (SSSR count). The van der Waals surface area contributed by atoms with Crippen molar-refractivity contribution in [3.8, 4) is 0 Å². The van der Waals surface area contributed by atoms with Gasteiger partial charge in [-0.15, -0.1) is 0 Å². The van der Waals surface area contributed by atoms with Gasteiger partial charge >= 0.3 is 0 Å². The molecular formula is C25H40N6. The maximum Gasteiger partial charge on any atom is 0.191 e. The minimum atomic E-state index is 0.264. The first-order chi connectivity index (χ1) is 14.9. The standard InChI is InChI=1S/C25H40N6/c1-18-10-12-31(13-11-18)17-23-9-7-8-22(15-23)16-27-25(26-5)28-19(2)14-24-20(3)29-30(6)21(24)4/h7-9,15,18-19H,10-14,16-17H2,1-6H3,(H2,26,27,28). The second-order valence-electron chi connectivity index (χ2n) is 9.23. The summed E-state index contributed by atoms with van der Waals surface area (Å²) in [7, 11) is 3.83. The van der Waals surface area contributed by atoms with E-state index in [2.05, 4.69) is 77.6 Å². The highest BCUT2D eigenvalue weighted by Crippen LogP contribution is 2.18. The fourth-order valence-electron chi connectivity index (χ4n) is 4.40. The molecule has 0 spiro atoms. The molecule has 31 heavy (non-hydrogen) atoms. The molecule has 170 valence electrons. The summed E-state index contributed by atoms with van der Waals surface area (Å²) in [6.45, 7) is 13.0. The van der Waals surface area contributed by atoms with E-state index in [0.29, 0.717) is 0 Å². The fraction of sp³-hybridized carbons (Fsp3) is 0.600. The lowest BCUT2D eigenvalue weighted by Crippen LogP contribution is -2.42. The summed E-state index contributed by atoms with van der Waals surface area (Å²) in [6.07, 6.45) is 3.56. The molecule has 0 amide bonds. The van der Waals surface area contributed by atoms with Crippen molar-refractivity contribution >= 4 is 5.96 Å². The first-order valence-corrected chi connectivity index (χ1v) is 11.6. The van der Waals surface area contributed by atoms with Crippen molar-refractivity contribution in [3.05, 3.63) is 52.3 Å². The molecule has 2 heterocycles. The second-order valence-corrected chi connectivity index (χ2v) is 9.23. The Hall–Kier alpha value is -2.34. The van der Waals surface area contributed by atoms with E-state index in [-0.39, 0.29) is 6.04 Å². The lowest BCUT2D eigenvalue weighted by atomic mass is 9.98. The van der Waals surface area contributed by atoms with E-state index in [0.717, 1.165) is 37.1 Å². The Morgan fingerprint density at radius 1 is 1.23 bits per heavy atom. The molecule has 2 aromatic rings. The monoisotopic (exact) mass is 424 g/mol. The third-order valence-electron chi connectivity index (χ3n) is 6.51. The molecule has 0 saturated carbocycles. The average molecular weight is 425 g/mol. The van der Waals surface area contributed by atoms with E-state index >= 15 is 0 Å². The number of aryl methyl sites for hydroxylation is 2. The van der Waals surface area contributed by atoms with Crippen LogP contribution in [0.25, 0.3) is 0 Å². The Morgan fingerprint density at radius 3 is 2.58 bits per heavy atom. The number of aliphatic imine (C=N–C) groups is 1. The predicted molar refractivity (Wildman–Crippen MR) is 129 cm³/mol. The van der Waals surface area contributed by atoms with E-state index in [1.165, 1.54) is 48.3 Å². The van der Waals surface area contributed by atoms with Crippen molar-refractivity contribution in [1.82, 2.24) is 25.3 Å². The van der Waals surface area contributed by atoms with Gasteiger partial charge in [0.15, 0.2) is 5.96 Å². The minimum Gasteiger partial charge on any atom is -0.354 e. The van der Waals surface area contributed by atoms with Crippen LogP contribution in [0.1, 0.15) is 54.8 Å². The van der Waals surface area contributed by atoms with E-state index < -0.39 is 0 Å². The third kappa shape index (κ3) is 6.57. The Morgan fingerprint density at radius 2 is 1.94 bits per heavy atom. The van der Waals surface area contributed by atoms with Crippen LogP contribution in [0, 0.1) is 19.8 Å². The third-order valence-corrected chi connectivity index (χ3v) is 6.51. The molecule has 1 aliphatic rings. The number of nitrogens with one attached hydrogen (secondary N) is 2. The summed E-state index contributed by atoms with van der Waals surface area (Å²) < 4.78 is 1.96. The van der Waals surface area contributed by atoms with Crippen LogP contribution >= 0.6 is 0 Å². The van der Waals surface area contributed by atoms with Crippen LogP contribution in [0.4, 0.5) is 0 Å². The van der Waals surface area contributed by atoms with Crippen LogP contribution < -0.4 is 10.6 Å². The first-order valence-electron chi connectivity index (χ1n) is 11.6. The van der Waals surface area contributed by atoms with Gasteiger partial charge in [0.05, 0.1) is 5.69 Å². The van der Waals surface area contributed by atoms with Gasteiger partial charge in [0.1, 0.15) is 0 Å². The normalized spacial score (nSPS) is 17.0. The van der Waals surface area contributed by atoms with Crippen molar-refractivity contribution in [3.63, 3.8) is 0 Å². The van der Waals surface area contributed by atoms with Gasteiger partial charge in [-0.1, -0.05) is 31.2 Å². The van der Waals surface area contributed by atoms with E-state index in [1.54, 1.807) is 0 Å². The van der Waals surface area contributed by atoms with Crippen molar-refractivity contribution < 1.29 is 0 Å². The van der Waals surface area contributed by atoms with Gasteiger partial charge in [0.25, 0.3) is 0 Å². The van der Waals surface area contributed by atoms with Gasteiger partial charge in [-0.05, 0) is 75.7 Å². The van der Waals surface area contributed by atoms with Crippen LogP contribution in [-0.4, -0.2) is 46.8 Å². The Balaban J connectivity index is 1.51. The molecule has 1 saturated heterocycles. The summed E-state index contributed by atoms with van der Waals surface area (Å²) in [5.41, 5.74) is 6.34. The summed E-state index contributed by atoms with van der Waals surface area (Å²) in [4.78, 5) is 7.00. The van der Waals surface area contributed by atoms with E-state index in [9.17, 15) is 0 Å². The highest BCUT2D eigenvalue weighted by molar-refractivity contribution is 5.79. The lowest BCUT2D eigenvalue weighted by molar-refractivity contribution is 0.185. The largest absolute Gasteiger partial charge is 0.354 e. The maximum absolute atomic E-state index is 4.53. The number of likely N-dealkylation sites (tertiary alicyclic amines) is 1. The molecule has 2 N–H and O–H groups in total. The predicted octanol–water partition coefficient (Wildman–Crippen LogP) is 3.57. The van der Waals surface area contributed by atoms with Crippen LogP contribution in [0.2, 0.25) is 0 Å². The number of benzene rings is 1. The number of hydrogen-bond acceptors (Lipinski definition) is 3. The zero-order valence-corrected chi connectivity index (χ0v) is 20.2. The molecule has 1 unspecified atom stereocenters. The quantitative estimate of drug-likeness (QED) is 0.527. The topological polar surface area (TPSA) is 57.5 Å². The molecule has 0 radical (unpaired) electrons. The summed E-state index contributed by atoms with van der Waals surface area (Å²) in [5.74, 6) is 1.71. The van der Waals surface area contributed by atoms with Crippen LogP contribution in [0.15, 0.2) is 29.3 Å². The lowest BCUT2D eigenvalue weighted by Gasteiger charge is -2.30. The molecule has 1 aromatic carbocycles. The molecule has 1 aromatic heterocycles. The van der Waals surface area contributed by atoms with Crippen LogP contribution in [-0.2, 0) is 26.6 Å². The maximum atomic E-state index is 4.53. The molecule has 0 bridgehead atoms. The summed E-state index contributed by atoms with van der Waals surface area (Å²) in [5, 5.41) is 11.5. The van der Waals surface area contributed by atoms with Crippen LogP contribution in [0.5, 0.6) is 0 Å². The molecule has 0 aliphatic carbocycles. The SMILES string of the molecule is CN=C(NCc1cccc(CN2CCC(C)CC2)c1)NC(C)Cc1c(C)nn(C)c1C. The highest BCUT2D eigenvalue weighted by atomic mass is 15.3. The molecule has 6 heteroatoms. The zero-order chi connectivity index (χ0) is 22.4. The average Bonchev–Trinajstić information content (AvgIpc) is 2.99. The van der Waals surface area contributed by atoms with Crippen molar-refractivity contribution in [2.75, 3.05) is 20.1 Å². The molecule has 1 fully saturated rings. The van der Waals surface area contributed by atoms with Crippen molar-refractivity contribution in [2.24, 2.45) is 18.0 Å². The Kier molecular flexibility index (Phi) is 8.13. The van der Waals surface area contributed by atoms with Gasteiger partial charge in [0.2, 0.25) is 0 Å². The smallest absolute Gasteiger partial charge is 0.191 e. The van der Waals surface area contributed by atoms with Crippen molar-refractivity contribution in [2.45, 2.75) is 66.1 Å². The van der Waals surface area contributed by atoms with Gasteiger partial charge in [-0.25, -0.2) is 0 Å². The second kappa shape index (κ2) is 10.8. The number of rotatable bonds is 7. The molecular weight excluding hydrogens is 384 g/mol. The molecule has 6 nitrogen and oxygen atoms in total. The first kappa shape index (κ1) is 23.3. The Bertz CT molecular complexity index is 876. The van der Waals surface area contributed by atoms with Gasteiger partial charge in [-0.2, -0.15) is 5.10 Å². The number of nitrogens with zero attached hydrogens (tertiary/aromatic N) is 4. The zero-order valence-electron chi connectivity index (χ0n) is 20.2. The van der Waals surface area contributed by atoms with E-state index in [4.69, 9.17) is 0 Å². The highest BCUT2D eigenvalue weighted by Gasteiger charge is 2.16. The molecule has 1 atom stereocenters.